The lowest BCUT2D eigenvalue weighted by atomic mass is 10.1. The van der Waals surface area contributed by atoms with Crippen LogP contribution >= 0.6 is 0 Å². The third-order valence-corrected chi connectivity index (χ3v) is 4.10. The van der Waals surface area contributed by atoms with Gasteiger partial charge in [0.1, 0.15) is 5.75 Å². The zero-order valence-corrected chi connectivity index (χ0v) is 15.4. The summed E-state index contributed by atoms with van der Waals surface area (Å²) >= 11 is 0. The molecule has 2 heterocycles. The maximum absolute atomic E-state index is 12.3. The van der Waals surface area contributed by atoms with E-state index in [-0.39, 0.29) is 24.8 Å². The first-order valence-electron chi connectivity index (χ1n) is 8.99. The molecule has 148 valence electrons. The summed E-state index contributed by atoms with van der Waals surface area (Å²) in [7, 11) is 0. The number of para-hydroxylation sites is 2. The largest absolute Gasteiger partial charge is 0.477 e. The Morgan fingerprint density at radius 1 is 1.14 bits per heavy atom. The maximum atomic E-state index is 12.3. The summed E-state index contributed by atoms with van der Waals surface area (Å²) in [4.78, 5) is 38.2. The van der Waals surface area contributed by atoms with Crippen molar-refractivity contribution in [2.75, 3.05) is 24.5 Å². The number of anilines is 1. The highest BCUT2D eigenvalue weighted by atomic mass is 16.5. The van der Waals surface area contributed by atoms with E-state index in [1.165, 1.54) is 12.3 Å². The van der Waals surface area contributed by atoms with Crippen LogP contribution in [0.15, 0.2) is 47.1 Å². The van der Waals surface area contributed by atoms with Gasteiger partial charge in [-0.1, -0.05) is 19.1 Å². The van der Waals surface area contributed by atoms with Gasteiger partial charge in [-0.25, -0.2) is 0 Å². The Morgan fingerprint density at radius 2 is 1.96 bits per heavy atom. The van der Waals surface area contributed by atoms with Crippen molar-refractivity contribution in [3.05, 3.63) is 48.4 Å². The quantitative estimate of drug-likeness (QED) is 0.634. The van der Waals surface area contributed by atoms with Crippen molar-refractivity contribution in [2.24, 2.45) is 0 Å². The van der Waals surface area contributed by atoms with Crippen LogP contribution in [0.4, 0.5) is 5.69 Å². The van der Waals surface area contributed by atoms with Crippen LogP contribution in [-0.2, 0) is 9.59 Å². The van der Waals surface area contributed by atoms with Crippen molar-refractivity contribution in [2.45, 2.75) is 19.4 Å². The van der Waals surface area contributed by atoms with E-state index >= 15 is 0 Å². The van der Waals surface area contributed by atoms with Gasteiger partial charge in [0.25, 0.3) is 11.8 Å². The normalized spacial score (nSPS) is 15.2. The Balaban J connectivity index is 1.63. The molecular formula is C19H22N4O5. The Hall–Kier alpha value is -3.49. The van der Waals surface area contributed by atoms with Crippen molar-refractivity contribution in [3.63, 3.8) is 0 Å². The Labute approximate surface area is 162 Å². The fraction of sp³-hybridized carbons (Fsp3) is 0.316. The molecule has 0 bridgehead atoms. The fourth-order valence-electron chi connectivity index (χ4n) is 2.76. The van der Waals surface area contributed by atoms with Gasteiger partial charge in [0, 0.05) is 6.54 Å². The van der Waals surface area contributed by atoms with Crippen molar-refractivity contribution in [3.8, 4) is 5.75 Å². The molecule has 1 atom stereocenters. The number of carbonyl (C=O) groups is 3. The van der Waals surface area contributed by atoms with E-state index in [0.29, 0.717) is 18.0 Å². The summed E-state index contributed by atoms with van der Waals surface area (Å²) in [6, 6.07) is 10.2. The third kappa shape index (κ3) is 4.61. The summed E-state index contributed by atoms with van der Waals surface area (Å²) < 4.78 is 10.7. The molecule has 1 aromatic carbocycles. The second kappa shape index (κ2) is 8.94. The zero-order valence-electron chi connectivity index (χ0n) is 15.4. The molecule has 0 radical (unpaired) electrons. The summed E-state index contributed by atoms with van der Waals surface area (Å²) in [6.45, 7) is 2.67. The Bertz CT molecular complexity index is 837. The summed E-state index contributed by atoms with van der Waals surface area (Å²) in [5.41, 5.74) is 5.34. The molecule has 0 unspecified atom stereocenters. The number of hydrogen-bond donors (Lipinski definition) is 3. The van der Waals surface area contributed by atoms with Crippen LogP contribution < -0.4 is 25.8 Å². The highest BCUT2D eigenvalue weighted by molar-refractivity contribution is 5.93. The number of carbonyl (C=O) groups excluding carboxylic acids is 3. The lowest BCUT2D eigenvalue weighted by Crippen LogP contribution is -2.53. The monoisotopic (exact) mass is 386 g/mol. The molecule has 9 heteroatoms. The third-order valence-electron chi connectivity index (χ3n) is 4.10. The lowest BCUT2D eigenvalue weighted by Gasteiger charge is -2.35. The zero-order chi connectivity index (χ0) is 19.9. The van der Waals surface area contributed by atoms with Crippen molar-refractivity contribution in [1.82, 2.24) is 16.2 Å². The number of ether oxygens (including phenoxy) is 1. The molecule has 2 aromatic rings. The number of furan rings is 1. The Kier molecular flexibility index (Phi) is 6.15. The van der Waals surface area contributed by atoms with E-state index in [9.17, 15) is 14.4 Å². The summed E-state index contributed by atoms with van der Waals surface area (Å²) in [5, 5.41) is 2.80. The average molecular weight is 386 g/mol. The summed E-state index contributed by atoms with van der Waals surface area (Å²) in [5.74, 6) is -0.614. The van der Waals surface area contributed by atoms with E-state index in [1.54, 1.807) is 23.1 Å². The van der Waals surface area contributed by atoms with Crippen LogP contribution in [0.5, 0.6) is 5.75 Å². The highest BCUT2D eigenvalue weighted by Gasteiger charge is 2.31. The number of hydrazine groups is 1. The van der Waals surface area contributed by atoms with Crippen LogP contribution in [0.1, 0.15) is 23.9 Å². The molecule has 0 saturated heterocycles. The second-order valence-electron chi connectivity index (χ2n) is 6.23. The summed E-state index contributed by atoms with van der Waals surface area (Å²) in [6.07, 6.45) is 1.45. The molecule has 3 rings (SSSR count). The van der Waals surface area contributed by atoms with Crippen LogP contribution in [0, 0.1) is 0 Å². The number of nitrogens with zero attached hydrogens (tertiary/aromatic N) is 1. The van der Waals surface area contributed by atoms with E-state index in [4.69, 9.17) is 9.15 Å². The van der Waals surface area contributed by atoms with Crippen LogP contribution in [0.3, 0.4) is 0 Å². The van der Waals surface area contributed by atoms with Gasteiger partial charge >= 0.3 is 5.91 Å². The minimum absolute atomic E-state index is 0.0592. The SMILES string of the molecule is CCCNC(=O)[C@@H]1CN(CC(=O)NNC(=O)c2ccco2)c2ccccc2O1. The van der Waals surface area contributed by atoms with Gasteiger partial charge in [0.05, 0.1) is 25.0 Å². The average Bonchev–Trinajstić information content (AvgIpc) is 3.25. The first-order chi connectivity index (χ1) is 13.6. The molecule has 3 N–H and O–H groups in total. The highest BCUT2D eigenvalue weighted by Crippen LogP contribution is 2.32. The topological polar surface area (TPSA) is 113 Å². The molecule has 9 nitrogen and oxygen atoms in total. The van der Waals surface area contributed by atoms with E-state index in [2.05, 4.69) is 16.2 Å². The van der Waals surface area contributed by atoms with Gasteiger partial charge in [0.15, 0.2) is 11.9 Å². The minimum Gasteiger partial charge on any atom is -0.477 e. The predicted molar refractivity (Wildman–Crippen MR) is 101 cm³/mol. The van der Waals surface area contributed by atoms with Crippen LogP contribution in [-0.4, -0.2) is 43.5 Å². The van der Waals surface area contributed by atoms with Gasteiger partial charge in [-0.05, 0) is 30.7 Å². The van der Waals surface area contributed by atoms with Gasteiger partial charge < -0.3 is 19.4 Å². The Morgan fingerprint density at radius 3 is 2.71 bits per heavy atom. The minimum atomic E-state index is -0.730. The number of fused-ring (bicyclic) bond motifs is 1. The smallest absolute Gasteiger partial charge is 0.305 e. The number of nitrogens with one attached hydrogen (secondary N) is 3. The van der Waals surface area contributed by atoms with Gasteiger partial charge in [-0.15, -0.1) is 0 Å². The fourth-order valence-corrected chi connectivity index (χ4v) is 2.76. The van der Waals surface area contributed by atoms with Crippen LogP contribution in [0.2, 0.25) is 0 Å². The molecular weight excluding hydrogens is 364 g/mol. The van der Waals surface area contributed by atoms with Crippen molar-refractivity contribution >= 4 is 23.4 Å². The maximum Gasteiger partial charge on any atom is 0.305 e. The molecule has 0 fully saturated rings. The lowest BCUT2D eigenvalue weighted by molar-refractivity contribution is -0.128. The molecule has 28 heavy (non-hydrogen) atoms. The molecule has 1 aliphatic rings. The number of amides is 3. The van der Waals surface area contributed by atoms with Gasteiger partial charge in [-0.2, -0.15) is 0 Å². The van der Waals surface area contributed by atoms with Crippen molar-refractivity contribution < 1.29 is 23.5 Å². The first-order valence-corrected chi connectivity index (χ1v) is 8.99. The first kappa shape index (κ1) is 19.3. The number of benzene rings is 1. The van der Waals surface area contributed by atoms with Gasteiger partial charge in [0.2, 0.25) is 0 Å². The standard InChI is InChI=1S/C19H22N4O5/c1-2-9-20-18(25)16-11-23(13-6-3-4-7-14(13)28-16)12-17(24)21-22-19(26)15-8-5-10-27-15/h3-8,10,16H,2,9,11-12H2,1H3,(H,20,25)(H,21,24)(H,22,26)/t16-/m0/s1. The molecule has 0 saturated carbocycles. The van der Waals surface area contributed by atoms with E-state index in [0.717, 1.165) is 6.42 Å². The number of hydrogen-bond acceptors (Lipinski definition) is 6. The molecule has 3 amide bonds. The van der Waals surface area contributed by atoms with Crippen molar-refractivity contribution in [1.29, 1.82) is 0 Å². The van der Waals surface area contributed by atoms with Gasteiger partial charge in [-0.3, -0.25) is 25.2 Å². The number of rotatable bonds is 6. The molecule has 1 aromatic heterocycles. The molecule has 1 aliphatic heterocycles. The van der Waals surface area contributed by atoms with E-state index < -0.39 is 17.9 Å². The second-order valence-corrected chi connectivity index (χ2v) is 6.23. The predicted octanol–water partition coefficient (Wildman–Crippen LogP) is 0.834. The van der Waals surface area contributed by atoms with Crippen LogP contribution in [0.25, 0.3) is 0 Å². The molecule has 0 aliphatic carbocycles. The van der Waals surface area contributed by atoms with E-state index in [1.807, 2.05) is 19.1 Å². The molecule has 0 spiro atoms.